The number of methoxy groups -OCH3 is 1. The van der Waals surface area contributed by atoms with Crippen LogP contribution in [-0.2, 0) is 0 Å². The van der Waals surface area contributed by atoms with E-state index < -0.39 is 0 Å². The van der Waals surface area contributed by atoms with Crippen LogP contribution < -0.4 is 10.1 Å². The number of nitrogens with zero attached hydrogens (tertiary/aromatic N) is 2. The Hall–Kier alpha value is -2.39. The van der Waals surface area contributed by atoms with Gasteiger partial charge in [0.2, 0.25) is 0 Å². The zero-order valence-corrected chi connectivity index (χ0v) is 12.2. The number of nitrogens with one attached hydrogen (secondary N) is 1. The van der Waals surface area contributed by atoms with Crippen molar-refractivity contribution in [3.8, 4) is 11.8 Å². The van der Waals surface area contributed by atoms with Crippen LogP contribution in [-0.4, -0.2) is 18.0 Å². The fourth-order valence-corrected chi connectivity index (χ4v) is 2.65. The van der Waals surface area contributed by atoms with Crippen LogP contribution in [0.3, 0.4) is 0 Å². The third-order valence-electron chi connectivity index (χ3n) is 2.71. The van der Waals surface area contributed by atoms with Crippen LogP contribution in [0.15, 0.2) is 18.2 Å². The van der Waals surface area contributed by atoms with Gasteiger partial charge in [-0.25, -0.2) is 4.98 Å². The number of aromatic nitrogens is 1. The van der Waals surface area contributed by atoms with Crippen molar-refractivity contribution in [1.29, 1.82) is 5.26 Å². The van der Waals surface area contributed by atoms with Gasteiger partial charge in [0.15, 0.2) is 0 Å². The van der Waals surface area contributed by atoms with Gasteiger partial charge in [0, 0.05) is 0 Å². The second-order valence-electron chi connectivity index (χ2n) is 4.10. The molecule has 0 unspecified atom stereocenters. The van der Waals surface area contributed by atoms with Crippen molar-refractivity contribution >= 4 is 22.9 Å². The number of thiazole rings is 1. The van der Waals surface area contributed by atoms with Gasteiger partial charge >= 0.3 is 0 Å². The van der Waals surface area contributed by atoms with Crippen molar-refractivity contribution in [2.75, 3.05) is 12.4 Å². The van der Waals surface area contributed by atoms with Gasteiger partial charge in [0.1, 0.15) is 22.4 Å². The summed E-state index contributed by atoms with van der Waals surface area (Å²) in [5.74, 6) is 0.172. The summed E-state index contributed by atoms with van der Waals surface area (Å²) >= 11 is 1.32. The van der Waals surface area contributed by atoms with Crippen LogP contribution in [0, 0.1) is 25.2 Å². The summed E-state index contributed by atoms with van der Waals surface area (Å²) in [6.45, 7) is 3.63. The molecule has 6 heteroatoms. The summed E-state index contributed by atoms with van der Waals surface area (Å²) < 4.78 is 5.18. The van der Waals surface area contributed by atoms with E-state index in [4.69, 9.17) is 10.00 Å². The summed E-state index contributed by atoms with van der Waals surface area (Å²) in [5, 5.41) is 12.7. The topological polar surface area (TPSA) is 75.0 Å². The molecule has 1 amide bonds. The van der Waals surface area contributed by atoms with Crippen LogP contribution in [0.25, 0.3) is 0 Å². The molecule has 0 fully saturated rings. The lowest BCUT2D eigenvalue weighted by Crippen LogP contribution is -2.13. The zero-order valence-electron chi connectivity index (χ0n) is 11.4. The van der Waals surface area contributed by atoms with Gasteiger partial charge < -0.3 is 10.1 Å². The highest BCUT2D eigenvalue weighted by atomic mass is 32.1. The number of ether oxygens (including phenoxy) is 1. The highest BCUT2D eigenvalue weighted by Crippen LogP contribution is 2.29. The number of amides is 1. The van der Waals surface area contributed by atoms with E-state index in [1.807, 2.05) is 13.0 Å². The van der Waals surface area contributed by atoms with Crippen LogP contribution in [0.2, 0.25) is 0 Å². The van der Waals surface area contributed by atoms with E-state index in [9.17, 15) is 4.79 Å². The molecule has 0 saturated heterocycles. The molecule has 0 atom stereocenters. The largest absolute Gasteiger partial charge is 0.495 e. The molecule has 0 aliphatic carbocycles. The average molecular weight is 287 g/mol. The van der Waals surface area contributed by atoms with Crippen LogP contribution in [0.5, 0.6) is 5.75 Å². The summed E-state index contributed by atoms with van der Waals surface area (Å²) in [7, 11) is 1.49. The lowest BCUT2D eigenvalue weighted by Gasteiger charge is -2.11. The number of benzene rings is 1. The SMILES string of the molecule is COc1cccc(C#N)c1NC(=O)c1sc(C)nc1C. The van der Waals surface area contributed by atoms with Gasteiger partial charge in [-0.1, -0.05) is 6.07 Å². The van der Waals surface area contributed by atoms with E-state index >= 15 is 0 Å². The fraction of sp³-hybridized carbons (Fsp3) is 0.214. The highest BCUT2D eigenvalue weighted by molar-refractivity contribution is 7.13. The number of hydrogen-bond donors (Lipinski definition) is 1. The van der Waals surface area contributed by atoms with Crippen LogP contribution in [0.1, 0.15) is 25.9 Å². The summed E-state index contributed by atoms with van der Waals surface area (Å²) in [6, 6.07) is 7.07. The van der Waals surface area contributed by atoms with Crippen molar-refractivity contribution in [1.82, 2.24) is 4.98 Å². The number of aryl methyl sites for hydroxylation is 2. The molecule has 0 saturated carbocycles. The van der Waals surface area contributed by atoms with Gasteiger partial charge in [-0.2, -0.15) is 5.26 Å². The van der Waals surface area contributed by atoms with Crippen molar-refractivity contribution in [2.45, 2.75) is 13.8 Å². The van der Waals surface area contributed by atoms with Gasteiger partial charge in [-0.3, -0.25) is 4.79 Å². The number of anilines is 1. The number of rotatable bonds is 3. The molecule has 1 aromatic heterocycles. The lowest BCUT2D eigenvalue weighted by atomic mass is 10.1. The molecule has 0 aliphatic heterocycles. The van der Waals surface area contributed by atoms with Crippen molar-refractivity contribution < 1.29 is 9.53 Å². The predicted molar refractivity (Wildman–Crippen MR) is 77.3 cm³/mol. The Labute approximate surface area is 120 Å². The first-order chi connectivity index (χ1) is 9.56. The normalized spacial score (nSPS) is 9.90. The van der Waals surface area contributed by atoms with Gasteiger partial charge in [0.25, 0.3) is 5.91 Å². The number of nitriles is 1. The standard InChI is InChI=1S/C14H13N3O2S/c1-8-13(20-9(2)16-8)14(18)17-12-10(7-15)5-4-6-11(12)19-3/h4-6H,1-3H3,(H,17,18). The Bertz CT molecular complexity index is 701. The quantitative estimate of drug-likeness (QED) is 0.941. The maximum absolute atomic E-state index is 12.3. The average Bonchev–Trinajstić information content (AvgIpc) is 2.78. The Balaban J connectivity index is 2.37. The zero-order chi connectivity index (χ0) is 14.7. The summed E-state index contributed by atoms with van der Waals surface area (Å²) in [4.78, 5) is 17.0. The van der Waals surface area contributed by atoms with E-state index in [0.29, 0.717) is 27.6 Å². The van der Waals surface area contributed by atoms with Crippen molar-refractivity contribution in [2.24, 2.45) is 0 Å². The van der Waals surface area contributed by atoms with Crippen LogP contribution in [0.4, 0.5) is 5.69 Å². The highest BCUT2D eigenvalue weighted by Gasteiger charge is 2.17. The first-order valence-corrected chi connectivity index (χ1v) is 6.71. The summed E-state index contributed by atoms with van der Waals surface area (Å²) in [5.41, 5.74) is 1.42. The van der Waals surface area contributed by atoms with E-state index in [-0.39, 0.29) is 5.91 Å². The molecule has 0 aliphatic rings. The molecule has 20 heavy (non-hydrogen) atoms. The molecule has 1 heterocycles. The molecule has 1 aromatic carbocycles. The van der Waals surface area contributed by atoms with Crippen molar-refractivity contribution in [3.63, 3.8) is 0 Å². The fourth-order valence-electron chi connectivity index (χ4n) is 1.84. The van der Waals surface area contributed by atoms with Gasteiger partial charge in [-0.15, -0.1) is 11.3 Å². The molecule has 0 bridgehead atoms. The number of carbonyl (C=O) groups is 1. The second-order valence-corrected chi connectivity index (χ2v) is 5.30. The van der Waals surface area contributed by atoms with E-state index in [1.54, 1.807) is 25.1 Å². The third-order valence-corrected chi connectivity index (χ3v) is 3.79. The predicted octanol–water partition coefficient (Wildman–Crippen LogP) is 2.89. The van der Waals surface area contributed by atoms with E-state index in [0.717, 1.165) is 5.01 Å². The molecule has 0 radical (unpaired) electrons. The number of hydrogen-bond acceptors (Lipinski definition) is 5. The van der Waals surface area contributed by atoms with E-state index in [2.05, 4.69) is 10.3 Å². The molecule has 2 aromatic rings. The molecule has 102 valence electrons. The Morgan fingerprint density at radius 1 is 1.45 bits per heavy atom. The first-order valence-electron chi connectivity index (χ1n) is 5.89. The number of para-hydroxylation sites is 1. The Kier molecular flexibility index (Phi) is 4.01. The Morgan fingerprint density at radius 3 is 2.75 bits per heavy atom. The third kappa shape index (κ3) is 2.63. The van der Waals surface area contributed by atoms with E-state index in [1.165, 1.54) is 18.4 Å². The van der Waals surface area contributed by atoms with Gasteiger partial charge in [0.05, 0.1) is 23.4 Å². The molecule has 0 spiro atoms. The smallest absolute Gasteiger partial charge is 0.267 e. The first kappa shape index (κ1) is 14.0. The molecule has 5 nitrogen and oxygen atoms in total. The summed E-state index contributed by atoms with van der Waals surface area (Å²) in [6.07, 6.45) is 0. The monoisotopic (exact) mass is 287 g/mol. The molecule has 2 rings (SSSR count). The lowest BCUT2D eigenvalue weighted by molar-refractivity contribution is 0.102. The van der Waals surface area contributed by atoms with Crippen molar-refractivity contribution in [3.05, 3.63) is 39.3 Å². The minimum Gasteiger partial charge on any atom is -0.495 e. The Morgan fingerprint density at radius 2 is 2.20 bits per heavy atom. The minimum absolute atomic E-state index is 0.283. The van der Waals surface area contributed by atoms with Crippen LogP contribution >= 0.6 is 11.3 Å². The molecular formula is C14H13N3O2S. The molecule has 1 N–H and O–H groups in total. The minimum atomic E-state index is -0.283. The van der Waals surface area contributed by atoms with Gasteiger partial charge in [-0.05, 0) is 26.0 Å². The second kappa shape index (κ2) is 5.72. The maximum Gasteiger partial charge on any atom is 0.267 e. The maximum atomic E-state index is 12.3. The molecular weight excluding hydrogens is 274 g/mol. The number of carbonyl (C=O) groups excluding carboxylic acids is 1.